The Morgan fingerprint density at radius 1 is 1.64 bits per heavy atom. The van der Waals surface area contributed by atoms with E-state index in [2.05, 4.69) is 4.98 Å². The van der Waals surface area contributed by atoms with E-state index in [1.54, 1.807) is 4.57 Å². The fraction of sp³-hybridized carbons (Fsp3) is 0.429. The first-order valence-electron chi connectivity index (χ1n) is 3.30. The van der Waals surface area contributed by atoms with E-state index in [4.69, 9.17) is 12.2 Å². The summed E-state index contributed by atoms with van der Waals surface area (Å²) in [6, 6.07) is 0. The maximum Gasteiger partial charge on any atom is 0.177 e. The second-order valence-corrected chi connectivity index (χ2v) is 2.89. The average molecular weight is 170 g/mol. The Morgan fingerprint density at radius 3 is 2.36 bits per heavy atom. The third-order valence-electron chi connectivity index (χ3n) is 1.75. The zero-order valence-corrected chi connectivity index (χ0v) is 7.58. The van der Waals surface area contributed by atoms with E-state index in [1.165, 1.54) is 6.92 Å². The molecule has 1 N–H and O–H groups in total. The van der Waals surface area contributed by atoms with Gasteiger partial charge in [-0.3, -0.25) is 4.79 Å². The number of carbonyl (C=O) groups is 1. The zero-order valence-electron chi connectivity index (χ0n) is 6.76. The fourth-order valence-electron chi connectivity index (χ4n) is 0.944. The second kappa shape index (κ2) is 2.62. The molecule has 4 heteroatoms. The molecule has 3 nitrogen and oxygen atoms in total. The van der Waals surface area contributed by atoms with Gasteiger partial charge in [-0.2, -0.15) is 0 Å². The van der Waals surface area contributed by atoms with Gasteiger partial charge in [-0.25, -0.2) is 0 Å². The highest BCUT2D eigenvalue weighted by molar-refractivity contribution is 7.71. The predicted octanol–water partition coefficient (Wildman–Crippen LogP) is 1.59. The number of nitrogens with one attached hydrogen (secondary N) is 1. The molecule has 11 heavy (non-hydrogen) atoms. The number of carbonyl (C=O) groups excluding carboxylic acids is 1. The fourth-order valence-corrected chi connectivity index (χ4v) is 1.18. The van der Waals surface area contributed by atoms with Gasteiger partial charge < -0.3 is 9.55 Å². The molecule has 0 amide bonds. The molecule has 1 aromatic heterocycles. The van der Waals surface area contributed by atoms with Crippen molar-refractivity contribution in [2.24, 2.45) is 7.05 Å². The van der Waals surface area contributed by atoms with Crippen LogP contribution in [-0.2, 0) is 7.05 Å². The Hall–Kier alpha value is -0.900. The standard InChI is InChI=1S/C7H10N2OS/c1-4-6(5(2)10)8-7(11)9(4)3/h1-3H3,(H,8,11). The van der Waals surface area contributed by atoms with Crippen molar-refractivity contribution in [3.8, 4) is 0 Å². The summed E-state index contributed by atoms with van der Waals surface area (Å²) >= 11 is 4.94. The highest BCUT2D eigenvalue weighted by Gasteiger charge is 2.07. The lowest BCUT2D eigenvalue weighted by Crippen LogP contribution is -1.97. The minimum absolute atomic E-state index is 0.0224. The second-order valence-electron chi connectivity index (χ2n) is 2.51. The van der Waals surface area contributed by atoms with Crippen molar-refractivity contribution in [2.75, 3.05) is 0 Å². The van der Waals surface area contributed by atoms with E-state index in [0.29, 0.717) is 10.5 Å². The van der Waals surface area contributed by atoms with Crippen LogP contribution in [0.1, 0.15) is 23.1 Å². The van der Waals surface area contributed by atoms with Crippen LogP contribution < -0.4 is 0 Å². The molecular weight excluding hydrogens is 160 g/mol. The molecule has 0 radical (unpaired) electrons. The van der Waals surface area contributed by atoms with Crippen LogP contribution in [0.2, 0.25) is 0 Å². The highest BCUT2D eigenvalue weighted by atomic mass is 32.1. The van der Waals surface area contributed by atoms with Crippen LogP contribution in [0.25, 0.3) is 0 Å². The molecule has 1 heterocycles. The van der Waals surface area contributed by atoms with Crippen molar-refractivity contribution in [1.29, 1.82) is 0 Å². The Morgan fingerprint density at radius 2 is 2.18 bits per heavy atom. The van der Waals surface area contributed by atoms with Gasteiger partial charge in [0.2, 0.25) is 0 Å². The molecule has 0 atom stereocenters. The molecule has 1 rings (SSSR count). The molecule has 0 unspecified atom stereocenters. The van der Waals surface area contributed by atoms with Crippen molar-refractivity contribution in [3.63, 3.8) is 0 Å². The number of rotatable bonds is 1. The summed E-state index contributed by atoms with van der Waals surface area (Å²) < 4.78 is 2.37. The van der Waals surface area contributed by atoms with Crippen LogP contribution in [0.15, 0.2) is 0 Å². The molecule has 0 aliphatic carbocycles. The van der Waals surface area contributed by atoms with E-state index in [9.17, 15) is 4.79 Å². The van der Waals surface area contributed by atoms with Crippen molar-refractivity contribution in [3.05, 3.63) is 16.2 Å². The quantitative estimate of drug-likeness (QED) is 0.513. The van der Waals surface area contributed by atoms with Gasteiger partial charge in [-0.05, 0) is 19.1 Å². The normalized spacial score (nSPS) is 10.1. The van der Waals surface area contributed by atoms with E-state index in [1.807, 2.05) is 14.0 Å². The van der Waals surface area contributed by atoms with Crippen LogP contribution in [0.4, 0.5) is 0 Å². The van der Waals surface area contributed by atoms with E-state index < -0.39 is 0 Å². The summed E-state index contributed by atoms with van der Waals surface area (Å²) in [6.07, 6.45) is 0. The first kappa shape index (κ1) is 8.20. The molecule has 0 saturated carbocycles. The number of Topliss-reactive ketones (excluding diaryl/α,β-unsaturated/α-hetero) is 1. The van der Waals surface area contributed by atoms with Crippen LogP contribution in [0, 0.1) is 11.7 Å². The molecule has 60 valence electrons. The third-order valence-corrected chi connectivity index (χ3v) is 2.13. The van der Waals surface area contributed by atoms with Gasteiger partial charge in [0.05, 0.1) is 0 Å². The summed E-state index contributed by atoms with van der Waals surface area (Å²) in [5.41, 5.74) is 1.50. The summed E-state index contributed by atoms with van der Waals surface area (Å²) in [6.45, 7) is 3.39. The van der Waals surface area contributed by atoms with Gasteiger partial charge in [0.15, 0.2) is 10.6 Å². The number of aromatic nitrogens is 2. The van der Waals surface area contributed by atoms with Gasteiger partial charge in [-0.15, -0.1) is 0 Å². The first-order chi connectivity index (χ1) is 5.04. The van der Waals surface area contributed by atoms with E-state index in [-0.39, 0.29) is 5.78 Å². The molecular formula is C7H10N2OS. The summed E-state index contributed by atoms with van der Waals surface area (Å²) in [7, 11) is 1.83. The molecule has 0 bridgehead atoms. The zero-order chi connectivity index (χ0) is 8.59. The predicted molar refractivity (Wildman–Crippen MR) is 45.3 cm³/mol. The number of imidazole rings is 1. The molecule has 0 aliphatic heterocycles. The Bertz CT molecular complexity index is 348. The van der Waals surface area contributed by atoms with Crippen LogP contribution in [0.5, 0.6) is 0 Å². The number of ketones is 1. The number of H-pyrrole nitrogens is 1. The Labute approximate surface area is 70.1 Å². The molecule has 0 saturated heterocycles. The minimum atomic E-state index is 0.0224. The van der Waals surface area contributed by atoms with Crippen LogP contribution in [0.3, 0.4) is 0 Å². The van der Waals surface area contributed by atoms with Crippen molar-refractivity contribution >= 4 is 18.0 Å². The number of aromatic amines is 1. The minimum Gasteiger partial charge on any atom is -0.328 e. The van der Waals surface area contributed by atoms with E-state index in [0.717, 1.165) is 5.69 Å². The Balaban J connectivity index is 3.42. The van der Waals surface area contributed by atoms with Crippen molar-refractivity contribution < 1.29 is 4.79 Å². The largest absolute Gasteiger partial charge is 0.328 e. The summed E-state index contributed by atoms with van der Waals surface area (Å²) in [4.78, 5) is 13.8. The lowest BCUT2D eigenvalue weighted by Gasteiger charge is -1.94. The van der Waals surface area contributed by atoms with Crippen molar-refractivity contribution in [1.82, 2.24) is 9.55 Å². The molecule has 1 aromatic rings. The monoisotopic (exact) mass is 170 g/mol. The maximum atomic E-state index is 10.9. The average Bonchev–Trinajstić information content (AvgIpc) is 2.17. The SMILES string of the molecule is CC(=O)c1[nH]c(=S)n(C)c1C. The maximum absolute atomic E-state index is 10.9. The van der Waals surface area contributed by atoms with Gasteiger partial charge in [0, 0.05) is 19.7 Å². The topological polar surface area (TPSA) is 37.8 Å². The number of nitrogens with zero attached hydrogens (tertiary/aromatic N) is 1. The highest BCUT2D eigenvalue weighted by Crippen LogP contribution is 2.05. The van der Waals surface area contributed by atoms with Gasteiger partial charge >= 0.3 is 0 Å². The smallest absolute Gasteiger partial charge is 0.177 e. The van der Waals surface area contributed by atoms with Crippen molar-refractivity contribution in [2.45, 2.75) is 13.8 Å². The van der Waals surface area contributed by atoms with E-state index >= 15 is 0 Å². The molecule has 0 fully saturated rings. The lowest BCUT2D eigenvalue weighted by atomic mass is 10.3. The Kier molecular flexibility index (Phi) is 1.95. The van der Waals surface area contributed by atoms with Crippen LogP contribution in [-0.4, -0.2) is 15.3 Å². The van der Waals surface area contributed by atoms with Gasteiger partial charge in [-0.1, -0.05) is 0 Å². The molecule has 0 spiro atoms. The number of hydrogen-bond donors (Lipinski definition) is 1. The summed E-state index contributed by atoms with van der Waals surface area (Å²) in [5, 5.41) is 0. The van der Waals surface area contributed by atoms with Crippen LogP contribution >= 0.6 is 12.2 Å². The third kappa shape index (κ3) is 1.26. The number of hydrogen-bond acceptors (Lipinski definition) is 2. The molecule has 0 aliphatic rings. The lowest BCUT2D eigenvalue weighted by molar-refractivity contribution is 0.101. The van der Waals surface area contributed by atoms with Gasteiger partial charge in [0.1, 0.15) is 5.69 Å². The first-order valence-corrected chi connectivity index (χ1v) is 3.71. The van der Waals surface area contributed by atoms with Gasteiger partial charge in [0.25, 0.3) is 0 Å². The summed E-state index contributed by atoms with van der Waals surface area (Å²) in [5.74, 6) is 0.0224. The molecule has 0 aromatic carbocycles.